The molecular weight excluding hydrogens is 194 g/mol. The molecule has 1 heterocycles. The van der Waals surface area contributed by atoms with E-state index in [-0.39, 0.29) is 30.4 Å². The summed E-state index contributed by atoms with van der Waals surface area (Å²) in [5, 5.41) is 0. The van der Waals surface area contributed by atoms with Crippen molar-refractivity contribution in [2.45, 2.75) is 26.3 Å². The van der Waals surface area contributed by atoms with Crippen molar-refractivity contribution in [3.05, 3.63) is 12.7 Å². The molecule has 1 aliphatic rings. The number of nitrogens with zero attached hydrogens (tertiary/aromatic N) is 1. The maximum Gasteiger partial charge on any atom is 0.410 e. The first kappa shape index (κ1) is 11.8. The van der Waals surface area contributed by atoms with Crippen molar-refractivity contribution in [2.75, 3.05) is 13.2 Å². The number of amides is 1. The summed E-state index contributed by atoms with van der Waals surface area (Å²) >= 11 is 0. The zero-order valence-electron chi connectivity index (χ0n) is 9.23. The van der Waals surface area contributed by atoms with Crippen LogP contribution in [-0.2, 0) is 9.53 Å². The summed E-state index contributed by atoms with van der Waals surface area (Å²) in [6.45, 7) is 7.74. The van der Waals surface area contributed by atoms with Gasteiger partial charge in [-0.2, -0.15) is 0 Å². The van der Waals surface area contributed by atoms with Gasteiger partial charge in [-0.3, -0.25) is 4.79 Å². The molecule has 15 heavy (non-hydrogen) atoms. The van der Waals surface area contributed by atoms with Crippen molar-refractivity contribution in [3.63, 3.8) is 0 Å². The molecule has 1 saturated heterocycles. The van der Waals surface area contributed by atoms with Crippen molar-refractivity contribution in [2.24, 2.45) is 5.92 Å². The molecule has 84 valence electrons. The molecule has 2 unspecified atom stereocenters. The van der Waals surface area contributed by atoms with Gasteiger partial charge in [0.05, 0.1) is 0 Å². The lowest BCUT2D eigenvalue weighted by molar-refractivity contribution is -0.121. The van der Waals surface area contributed by atoms with Crippen LogP contribution in [0.15, 0.2) is 12.7 Å². The summed E-state index contributed by atoms with van der Waals surface area (Å²) in [7, 11) is 0. The van der Waals surface area contributed by atoms with Gasteiger partial charge in [0.2, 0.25) is 0 Å². The molecule has 0 aliphatic carbocycles. The topological polar surface area (TPSA) is 46.6 Å². The van der Waals surface area contributed by atoms with E-state index in [1.165, 1.54) is 6.08 Å². The van der Waals surface area contributed by atoms with Crippen LogP contribution in [0.5, 0.6) is 0 Å². The third kappa shape index (κ3) is 2.58. The molecular formula is C11H17NO3. The smallest absolute Gasteiger partial charge is 0.410 e. The van der Waals surface area contributed by atoms with Crippen molar-refractivity contribution in [1.82, 2.24) is 4.90 Å². The lowest BCUT2D eigenvalue weighted by Crippen LogP contribution is -2.37. The molecule has 2 atom stereocenters. The second kappa shape index (κ2) is 4.96. The number of hydrogen-bond acceptors (Lipinski definition) is 3. The van der Waals surface area contributed by atoms with Crippen LogP contribution in [0.25, 0.3) is 0 Å². The predicted octanol–water partition coefficient (Wildman–Crippen LogP) is 1.61. The van der Waals surface area contributed by atoms with E-state index < -0.39 is 0 Å². The van der Waals surface area contributed by atoms with Crippen LogP contribution in [0.3, 0.4) is 0 Å². The van der Waals surface area contributed by atoms with Gasteiger partial charge >= 0.3 is 6.09 Å². The number of hydrogen-bond donors (Lipinski definition) is 0. The summed E-state index contributed by atoms with van der Waals surface area (Å²) in [6.07, 6.45) is 1.91. The van der Waals surface area contributed by atoms with Crippen LogP contribution in [0, 0.1) is 5.92 Å². The number of ether oxygens (including phenoxy) is 1. The Bertz CT molecular complexity index is 275. The average molecular weight is 211 g/mol. The van der Waals surface area contributed by atoms with Gasteiger partial charge in [0.25, 0.3) is 0 Å². The molecule has 0 saturated carbocycles. The molecule has 0 aromatic rings. The number of likely N-dealkylation sites (tertiary alicyclic amines) is 1. The highest BCUT2D eigenvalue weighted by Crippen LogP contribution is 2.25. The lowest BCUT2D eigenvalue weighted by Gasteiger charge is -2.22. The van der Waals surface area contributed by atoms with E-state index in [1.54, 1.807) is 11.8 Å². The molecule has 0 N–H and O–H groups in total. The second-order valence-electron chi connectivity index (χ2n) is 3.81. The van der Waals surface area contributed by atoms with Gasteiger partial charge in [-0.05, 0) is 20.3 Å². The average Bonchev–Trinajstić information content (AvgIpc) is 2.56. The molecule has 0 aromatic carbocycles. The van der Waals surface area contributed by atoms with E-state index in [4.69, 9.17) is 4.74 Å². The molecule has 1 amide bonds. The Morgan fingerprint density at radius 2 is 2.27 bits per heavy atom. The van der Waals surface area contributed by atoms with E-state index in [0.29, 0.717) is 6.54 Å². The fraction of sp³-hybridized carbons (Fsp3) is 0.636. The highest BCUT2D eigenvalue weighted by molar-refractivity contribution is 5.81. The van der Waals surface area contributed by atoms with E-state index in [9.17, 15) is 9.59 Å². The van der Waals surface area contributed by atoms with Crippen LogP contribution in [0.4, 0.5) is 4.79 Å². The number of rotatable bonds is 3. The molecule has 4 nitrogen and oxygen atoms in total. The van der Waals surface area contributed by atoms with Crippen LogP contribution in [0.2, 0.25) is 0 Å². The number of Topliss-reactive ketones (excluding diaryl/α,β-unsaturated/α-hetero) is 1. The van der Waals surface area contributed by atoms with Gasteiger partial charge in [-0.15, -0.1) is 0 Å². The van der Waals surface area contributed by atoms with Gasteiger partial charge in [0.1, 0.15) is 12.4 Å². The lowest BCUT2D eigenvalue weighted by atomic mass is 9.98. The van der Waals surface area contributed by atoms with E-state index in [1.807, 2.05) is 6.92 Å². The van der Waals surface area contributed by atoms with Crippen LogP contribution in [-0.4, -0.2) is 36.0 Å². The van der Waals surface area contributed by atoms with Gasteiger partial charge in [0.15, 0.2) is 0 Å². The maximum atomic E-state index is 11.5. The Labute approximate surface area is 89.9 Å². The normalized spacial score (nSPS) is 25.1. The van der Waals surface area contributed by atoms with Gasteiger partial charge in [-0.25, -0.2) is 4.79 Å². The van der Waals surface area contributed by atoms with Crippen molar-refractivity contribution < 1.29 is 14.3 Å². The summed E-state index contributed by atoms with van der Waals surface area (Å²) in [6, 6.07) is -0.0557. The van der Waals surface area contributed by atoms with Crippen molar-refractivity contribution >= 4 is 11.9 Å². The number of carbonyl (C=O) groups excluding carboxylic acids is 2. The summed E-state index contributed by atoms with van der Waals surface area (Å²) in [4.78, 5) is 24.4. The number of ketones is 1. The zero-order chi connectivity index (χ0) is 11.4. The van der Waals surface area contributed by atoms with Gasteiger partial charge in [-0.1, -0.05) is 12.7 Å². The third-order valence-corrected chi connectivity index (χ3v) is 2.84. The highest BCUT2D eigenvalue weighted by Gasteiger charge is 2.36. The van der Waals surface area contributed by atoms with Gasteiger partial charge in [0, 0.05) is 18.5 Å². The molecule has 1 aliphatic heterocycles. The van der Waals surface area contributed by atoms with Crippen LogP contribution >= 0.6 is 0 Å². The van der Waals surface area contributed by atoms with Crippen molar-refractivity contribution in [1.29, 1.82) is 0 Å². The Kier molecular flexibility index (Phi) is 3.88. The maximum absolute atomic E-state index is 11.5. The summed E-state index contributed by atoms with van der Waals surface area (Å²) in [5.74, 6) is 0.0998. The Hall–Kier alpha value is -1.32. The zero-order valence-corrected chi connectivity index (χ0v) is 9.23. The Balaban J connectivity index is 2.55. The molecule has 1 rings (SSSR count). The summed E-state index contributed by atoms with van der Waals surface area (Å²) in [5.41, 5.74) is 0. The Morgan fingerprint density at radius 1 is 1.60 bits per heavy atom. The molecule has 0 aromatic heterocycles. The van der Waals surface area contributed by atoms with E-state index in [0.717, 1.165) is 6.42 Å². The SMILES string of the molecule is C=CCOC(=O)N1CCC(C(C)=O)C1C. The molecule has 0 spiro atoms. The highest BCUT2D eigenvalue weighted by atomic mass is 16.6. The molecule has 4 heteroatoms. The van der Waals surface area contributed by atoms with Crippen LogP contribution < -0.4 is 0 Å². The molecule has 0 bridgehead atoms. The molecule has 0 radical (unpaired) electrons. The van der Waals surface area contributed by atoms with Crippen LogP contribution in [0.1, 0.15) is 20.3 Å². The summed E-state index contributed by atoms with van der Waals surface area (Å²) < 4.78 is 4.93. The standard InChI is InChI=1S/C11H17NO3/c1-4-7-15-11(14)12-6-5-10(8(12)2)9(3)13/h4,8,10H,1,5-7H2,2-3H3. The Morgan fingerprint density at radius 3 is 2.73 bits per heavy atom. The monoisotopic (exact) mass is 211 g/mol. The molecule has 1 fully saturated rings. The number of carbonyl (C=O) groups is 2. The minimum atomic E-state index is -0.355. The van der Waals surface area contributed by atoms with Crippen molar-refractivity contribution in [3.8, 4) is 0 Å². The first-order chi connectivity index (χ1) is 7.07. The minimum absolute atomic E-state index is 0.0405. The first-order valence-electron chi connectivity index (χ1n) is 5.12. The predicted molar refractivity (Wildman–Crippen MR) is 56.5 cm³/mol. The quantitative estimate of drug-likeness (QED) is 0.666. The van der Waals surface area contributed by atoms with E-state index >= 15 is 0 Å². The van der Waals surface area contributed by atoms with Gasteiger partial charge < -0.3 is 9.64 Å². The largest absolute Gasteiger partial charge is 0.445 e. The first-order valence-corrected chi connectivity index (χ1v) is 5.12. The second-order valence-corrected chi connectivity index (χ2v) is 3.81. The minimum Gasteiger partial charge on any atom is -0.445 e. The fourth-order valence-electron chi connectivity index (χ4n) is 1.95. The third-order valence-electron chi connectivity index (χ3n) is 2.84. The fourth-order valence-corrected chi connectivity index (χ4v) is 1.95. The van der Waals surface area contributed by atoms with E-state index in [2.05, 4.69) is 6.58 Å².